The summed E-state index contributed by atoms with van der Waals surface area (Å²) in [6.07, 6.45) is 14.4. The molecule has 0 radical (unpaired) electrons. The highest BCUT2D eigenvalue weighted by Gasteiger charge is 2.49. The normalized spacial score (nSPS) is 21.3. The van der Waals surface area contributed by atoms with Gasteiger partial charge in [0.05, 0.1) is 5.54 Å². The Morgan fingerprint density at radius 1 is 0.750 bits per heavy atom. The lowest BCUT2D eigenvalue weighted by Crippen LogP contribution is -2.57. The minimum absolute atomic E-state index is 0.283. The number of nitrogens with zero attached hydrogens (tertiary/aromatic N) is 1. The topological polar surface area (TPSA) is 3.24 Å². The highest BCUT2D eigenvalue weighted by atomic mass is 15.2. The van der Waals surface area contributed by atoms with E-state index in [0.717, 1.165) is 11.8 Å². The Kier molecular flexibility index (Phi) is 6.38. The van der Waals surface area contributed by atoms with Crippen molar-refractivity contribution in [1.29, 1.82) is 0 Å². The van der Waals surface area contributed by atoms with E-state index in [2.05, 4.69) is 49.1 Å². The van der Waals surface area contributed by atoms with Gasteiger partial charge in [-0.2, -0.15) is 0 Å². The Balaban J connectivity index is 2.10. The fraction of sp³-hybridized carbons (Fsp3) is 0.739. The van der Waals surface area contributed by atoms with Crippen molar-refractivity contribution in [3.63, 3.8) is 0 Å². The minimum Gasteiger partial charge on any atom is -0.294 e. The number of benzene rings is 1. The third-order valence-corrected chi connectivity index (χ3v) is 6.98. The van der Waals surface area contributed by atoms with Gasteiger partial charge in [-0.25, -0.2) is 0 Å². The van der Waals surface area contributed by atoms with Gasteiger partial charge in [0.2, 0.25) is 0 Å². The molecule has 2 aliphatic rings. The van der Waals surface area contributed by atoms with Crippen LogP contribution in [-0.2, 0) is 5.54 Å². The van der Waals surface area contributed by atoms with E-state index in [-0.39, 0.29) is 5.54 Å². The maximum absolute atomic E-state index is 2.86. The molecule has 2 aliphatic carbocycles. The Labute approximate surface area is 149 Å². The van der Waals surface area contributed by atoms with E-state index < -0.39 is 0 Å². The smallest absolute Gasteiger partial charge is 0.0516 e. The molecule has 1 aromatic carbocycles. The molecular formula is C23H37N. The molecule has 0 unspecified atom stereocenters. The molecule has 1 heteroatoms. The number of rotatable bonds is 6. The third kappa shape index (κ3) is 3.29. The maximum Gasteiger partial charge on any atom is 0.0516 e. The molecule has 1 nitrogen and oxygen atoms in total. The van der Waals surface area contributed by atoms with Crippen molar-refractivity contribution < 1.29 is 0 Å². The molecule has 0 bridgehead atoms. The third-order valence-electron chi connectivity index (χ3n) is 6.98. The fourth-order valence-corrected chi connectivity index (χ4v) is 6.04. The van der Waals surface area contributed by atoms with Crippen molar-refractivity contribution >= 4 is 0 Å². The first-order valence-electron chi connectivity index (χ1n) is 10.6. The fourth-order valence-electron chi connectivity index (χ4n) is 6.04. The molecular weight excluding hydrogens is 290 g/mol. The Bertz CT molecular complexity index is 446. The highest BCUT2D eigenvalue weighted by molar-refractivity contribution is 5.28. The summed E-state index contributed by atoms with van der Waals surface area (Å²) in [7, 11) is 0. The summed E-state index contributed by atoms with van der Waals surface area (Å²) in [5.41, 5.74) is 1.90. The molecule has 2 saturated carbocycles. The molecule has 1 aromatic rings. The van der Waals surface area contributed by atoms with E-state index in [0.29, 0.717) is 0 Å². The lowest BCUT2D eigenvalue weighted by molar-refractivity contribution is -0.0461. The second-order valence-corrected chi connectivity index (χ2v) is 8.03. The average Bonchev–Trinajstić information content (AvgIpc) is 2.68. The summed E-state index contributed by atoms with van der Waals surface area (Å²) in [6, 6.07) is 11.6. The van der Waals surface area contributed by atoms with Gasteiger partial charge in [-0.15, -0.1) is 0 Å². The molecule has 2 fully saturated rings. The van der Waals surface area contributed by atoms with Gasteiger partial charge in [0.25, 0.3) is 0 Å². The molecule has 0 aliphatic heterocycles. The predicted molar refractivity (Wildman–Crippen MR) is 104 cm³/mol. The largest absolute Gasteiger partial charge is 0.294 e. The number of hydrogen-bond acceptors (Lipinski definition) is 1. The molecule has 0 aromatic heterocycles. The summed E-state index contributed by atoms with van der Waals surface area (Å²) in [6.45, 7) is 7.12. The summed E-state index contributed by atoms with van der Waals surface area (Å²) < 4.78 is 0. The quantitative estimate of drug-likeness (QED) is 0.585. The Morgan fingerprint density at radius 3 is 1.62 bits per heavy atom. The van der Waals surface area contributed by atoms with Gasteiger partial charge >= 0.3 is 0 Å². The van der Waals surface area contributed by atoms with E-state index >= 15 is 0 Å². The van der Waals surface area contributed by atoms with Gasteiger partial charge in [-0.1, -0.05) is 82.7 Å². The molecule has 0 spiro atoms. The van der Waals surface area contributed by atoms with Gasteiger partial charge in [0, 0.05) is 0 Å². The van der Waals surface area contributed by atoms with Gasteiger partial charge in [-0.3, -0.25) is 4.90 Å². The van der Waals surface area contributed by atoms with E-state index in [9.17, 15) is 0 Å². The van der Waals surface area contributed by atoms with E-state index in [1.54, 1.807) is 5.56 Å². The highest BCUT2D eigenvalue weighted by Crippen LogP contribution is 2.52. The van der Waals surface area contributed by atoms with Gasteiger partial charge in [0.15, 0.2) is 0 Å². The minimum atomic E-state index is 0.283. The van der Waals surface area contributed by atoms with Crippen LogP contribution < -0.4 is 0 Å². The average molecular weight is 328 g/mol. The van der Waals surface area contributed by atoms with Crippen LogP contribution in [0.2, 0.25) is 0 Å². The first-order chi connectivity index (χ1) is 11.8. The first kappa shape index (κ1) is 18.0. The molecule has 0 heterocycles. The van der Waals surface area contributed by atoms with Crippen LogP contribution in [0.15, 0.2) is 30.3 Å². The lowest BCUT2D eigenvalue weighted by atomic mass is 9.60. The van der Waals surface area contributed by atoms with E-state index in [1.807, 2.05) is 0 Å². The molecule has 0 N–H and O–H groups in total. The van der Waals surface area contributed by atoms with Crippen LogP contribution in [0.4, 0.5) is 0 Å². The molecule has 134 valence electrons. The van der Waals surface area contributed by atoms with Gasteiger partial charge in [-0.05, 0) is 56.2 Å². The van der Waals surface area contributed by atoms with Crippen LogP contribution in [0.3, 0.4) is 0 Å². The molecule has 0 amide bonds. The van der Waals surface area contributed by atoms with Crippen molar-refractivity contribution in [2.45, 2.75) is 83.6 Å². The summed E-state index contributed by atoms with van der Waals surface area (Å²) in [5.74, 6) is 1.69. The SMILES string of the molecule is CCN(CC)C(c1ccccc1)(C1CCCCC1)C1CCCCC1. The molecule has 0 saturated heterocycles. The van der Waals surface area contributed by atoms with E-state index in [1.165, 1.54) is 77.3 Å². The monoisotopic (exact) mass is 327 g/mol. The van der Waals surface area contributed by atoms with Crippen LogP contribution >= 0.6 is 0 Å². The van der Waals surface area contributed by atoms with Crippen LogP contribution in [0.25, 0.3) is 0 Å². The Morgan fingerprint density at radius 2 is 1.21 bits per heavy atom. The van der Waals surface area contributed by atoms with Crippen LogP contribution in [0.1, 0.15) is 83.6 Å². The maximum atomic E-state index is 2.86. The van der Waals surface area contributed by atoms with Crippen LogP contribution in [0.5, 0.6) is 0 Å². The molecule has 24 heavy (non-hydrogen) atoms. The standard InChI is InChI=1S/C23H37N/c1-3-24(4-2)23(20-14-8-5-9-15-20,21-16-10-6-11-17-21)22-18-12-7-13-19-22/h5,8-9,14-15,21-22H,3-4,6-7,10-13,16-19H2,1-2H3. The Hall–Kier alpha value is -0.820. The zero-order valence-electron chi connectivity index (χ0n) is 16.0. The van der Waals surface area contributed by atoms with Crippen molar-refractivity contribution in [2.24, 2.45) is 11.8 Å². The molecule has 3 rings (SSSR count). The zero-order chi connectivity index (χ0) is 16.8. The second-order valence-electron chi connectivity index (χ2n) is 8.03. The van der Waals surface area contributed by atoms with Crippen molar-refractivity contribution in [1.82, 2.24) is 4.90 Å². The zero-order valence-corrected chi connectivity index (χ0v) is 16.0. The first-order valence-corrected chi connectivity index (χ1v) is 10.6. The molecule has 0 atom stereocenters. The van der Waals surface area contributed by atoms with Gasteiger partial charge in [0.1, 0.15) is 0 Å². The second kappa shape index (κ2) is 8.52. The van der Waals surface area contributed by atoms with Gasteiger partial charge < -0.3 is 0 Å². The predicted octanol–water partition coefficient (Wildman–Crippen LogP) is 6.38. The van der Waals surface area contributed by atoms with Crippen molar-refractivity contribution in [2.75, 3.05) is 13.1 Å². The van der Waals surface area contributed by atoms with Crippen LogP contribution in [0, 0.1) is 11.8 Å². The summed E-state index contributed by atoms with van der Waals surface area (Å²) in [5, 5.41) is 0. The van der Waals surface area contributed by atoms with E-state index in [4.69, 9.17) is 0 Å². The summed E-state index contributed by atoms with van der Waals surface area (Å²) in [4.78, 5) is 2.86. The lowest BCUT2D eigenvalue weighted by Gasteiger charge is -2.56. The van der Waals surface area contributed by atoms with Crippen LogP contribution in [-0.4, -0.2) is 18.0 Å². The van der Waals surface area contributed by atoms with Crippen molar-refractivity contribution in [3.8, 4) is 0 Å². The number of hydrogen-bond donors (Lipinski definition) is 0. The summed E-state index contributed by atoms with van der Waals surface area (Å²) >= 11 is 0. The van der Waals surface area contributed by atoms with Crippen molar-refractivity contribution in [3.05, 3.63) is 35.9 Å².